The van der Waals surface area contributed by atoms with Crippen LogP contribution in [0.4, 0.5) is 5.69 Å². The molecule has 1 aliphatic heterocycles. The minimum atomic E-state index is 0.0328. The number of unbranched alkanes of at least 4 members (excludes halogenated alkanes) is 1. The lowest BCUT2D eigenvalue weighted by atomic mass is 10.1. The topological polar surface area (TPSA) is 35.6 Å². The predicted octanol–water partition coefficient (Wildman–Crippen LogP) is 3.64. The average Bonchev–Trinajstić information content (AvgIpc) is 2.68. The van der Waals surface area contributed by atoms with Crippen molar-refractivity contribution >= 4 is 11.6 Å². The van der Waals surface area contributed by atoms with Crippen molar-refractivity contribution in [3.8, 4) is 0 Å². The number of piperazine rings is 1. The Hall–Kier alpha value is -2.33. The van der Waals surface area contributed by atoms with Crippen molar-refractivity contribution in [2.45, 2.75) is 26.7 Å². The van der Waals surface area contributed by atoms with Crippen molar-refractivity contribution in [2.24, 2.45) is 0 Å². The summed E-state index contributed by atoms with van der Waals surface area (Å²) in [5.74, 6) is 0.0328. The maximum absolute atomic E-state index is 12.1. The normalized spacial score (nSPS) is 15.0. The second-order valence-corrected chi connectivity index (χ2v) is 7.50. The lowest BCUT2D eigenvalue weighted by Crippen LogP contribution is -2.46. The van der Waals surface area contributed by atoms with Crippen molar-refractivity contribution in [1.82, 2.24) is 10.2 Å². The number of nitrogens with one attached hydrogen (secondary N) is 1. The zero-order valence-electron chi connectivity index (χ0n) is 16.6. The molecule has 0 unspecified atom stereocenters. The maximum Gasteiger partial charge on any atom is 0.251 e. The highest BCUT2D eigenvalue weighted by molar-refractivity contribution is 5.94. The van der Waals surface area contributed by atoms with Crippen LogP contribution in [0.5, 0.6) is 0 Å². The molecule has 1 heterocycles. The van der Waals surface area contributed by atoms with E-state index in [1.165, 1.54) is 11.3 Å². The van der Waals surface area contributed by atoms with E-state index in [1.807, 2.05) is 31.2 Å². The van der Waals surface area contributed by atoms with Gasteiger partial charge in [0.25, 0.3) is 5.91 Å². The first-order valence-corrected chi connectivity index (χ1v) is 10.0. The highest BCUT2D eigenvalue weighted by Crippen LogP contribution is 2.17. The Bertz CT molecular complexity index is 751. The Morgan fingerprint density at radius 2 is 1.63 bits per heavy atom. The second-order valence-electron chi connectivity index (χ2n) is 7.50. The van der Waals surface area contributed by atoms with E-state index < -0.39 is 0 Å². The third-order valence-corrected chi connectivity index (χ3v) is 5.21. The number of amides is 1. The molecule has 3 rings (SSSR count). The molecule has 27 heavy (non-hydrogen) atoms. The number of hydrogen-bond donors (Lipinski definition) is 1. The van der Waals surface area contributed by atoms with Gasteiger partial charge in [-0.15, -0.1) is 0 Å². The van der Waals surface area contributed by atoms with Gasteiger partial charge >= 0.3 is 0 Å². The van der Waals surface area contributed by atoms with Gasteiger partial charge in [0.2, 0.25) is 0 Å². The van der Waals surface area contributed by atoms with Crippen LogP contribution >= 0.6 is 0 Å². The van der Waals surface area contributed by atoms with E-state index in [4.69, 9.17) is 0 Å². The summed E-state index contributed by atoms with van der Waals surface area (Å²) in [6.45, 7) is 10.4. The van der Waals surface area contributed by atoms with Crippen molar-refractivity contribution in [3.05, 3.63) is 65.2 Å². The Morgan fingerprint density at radius 3 is 2.33 bits per heavy atom. The number of carbonyl (C=O) groups is 1. The van der Waals surface area contributed by atoms with E-state index >= 15 is 0 Å². The lowest BCUT2D eigenvalue weighted by molar-refractivity contribution is 0.0952. The van der Waals surface area contributed by atoms with E-state index in [0.717, 1.165) is 63.2 Å². The van der Waals surface area contributed by atoms with Crippen LogP contribution in [0.25, 0.3) is 0 Å². The first-order chi connectivity index (χ1) is 13.1. The monoisotopic (exact) mass is 365 g/mol. The first kappa shape index (κ1) is 19.4. The minimum absolute atomic E-state index is 0.0328. The van der Waals surface area contributed by atoms with Crippen LogP contribution in [0.3, 0.4) is 0 Å². The molecule has 0 radical (unpaired) electrons. The summed E-state index contributed by atoms with van der Waals surface area (Å²) >= 11 is 0. The zero-order valence-corrected chi connectivity index (χ0v) is 16.6. The van der Waals surface area contributed by atoms with Crippen LogP contribution in [0.15, 0.2) is 48.5 Å². The second kappa shape index (κ2) is 9.56. The number of carbonyl (C=O) groups excluding carboxylic acids is 1. The predicted molar refractivity (Wildman–Crippen MR) is 113 cm³/mol. The van der Waals surface area contributed by atoms with Gasteiger partial charge in [0.1, 0.15) is 0 Å². The fourth-order valence-electron chi connectivity index (χ4n) is 3.61. The van der Waals surface area contributed by atoms with Gasteiger partial charge in [-0.2, -0.15) is 0 Å². The molecule has 1 saturated heterocycles. The SMILES string of the molecule is Cc1cccc(C(=O)NCCCCN2CCN(c3cccc(C)c3)CC2)c1. The largest absolute Gasteiger partial charge is 0.369 e. The van der Waals surface area contributed by atoms with E-state index in [2.05, 4.69) is 46.3 Å². The van der Waals surface area contributed by atoms with E-state index in [1.54, 1.807) is 0 Å². The summed E-state index contributed by atoms with van der Waals surface area (Å²) < 4.78 is 0. The number of nitrogens with zero attached hydrogens (tertiary/aromatic N) is 2. The summed E-state index contributed by atoms with van der Waals surface area (Å²) in [7, 11) is 0. The molecule has 4 heteroatoms. The molecule has 0 aromatic heterocycles. The van der Waals surface area contributed by atoms with E-state index in [-0.39, 0.29) is 5.91 Å². The minimum Gasteiger partial charge on any atom is -0.369 e. The van der Waals surface area contributed by atoms with Crippen LogP contribution in [-0.2, 0) is 0 Å². The number of hydrogen-bond acceptors (Lipinski definition) is 3. The van der Waals surface area contributed by atoms with Gasteiger partial charge in [-0.05, 0) is 63.1 Å². The highest BCUT2D eigenvalue weighted by atomic mass is 16.1. The van der Waals surface area contributed by atoms with Crippen LogP contribution in [0.1, 0.15) is 34.3 Å². The molecule has 0 bridgehead atoms. The van der Waals surface area contributed by atoms with Gasteiger partial charge in [-0.1, -0.05) is 29.8 Å². The smallest absolute Gasteiger partial charge is 0.251 e. The summed E-state index contributed by atoms with van der Waals surface area (Å²) in [5.41, 5.74) is 4.53. The Labute approximate surface area is 163 Å². The first-order valence-electron chi connectivity index (χ1n) is 10.0. The van der Waals surface area contributed by atoms with Crippen LogP contribution in [0, 0.1) is 13.8 Å². The van der Waals surface area contributed by atoms with Crippen molar-refractivity contribution < 1.29 is 4.79 Å². The summed E-state index contributed by atoms with van der Waals surface area (Å²) in [6.07, 6.45) is 2.15. The Morgan fingerprint density at radius 1 is 0.926 bits per heavy atom. The molecule has 1 N–H and O–H groups in total. The quantitative estimate of drug-likeness (QED) is 0.761. The third-order valence-electron chi connectivity index (χ3n) is 5.21. The molecule has 1 fully saturated rings. The molecular formula is C23H31N3O. The molecule has 0 saturated carbocycles. The van der Waals surface area contributed by atoms with Gasteiger partial charge in [0, 0.05) is 44.0 Å². The molecule has 4 nitrogen and oxygen atoms in total. The Balaban J connectivity index is 1.31. The van der Waals surface area contributed by atoms with Crippen molar-refractivity contribution in [2.75, 3.05) is 44.2 Å². The zero-order chi connectivity index (χ0) is 19.1. The molecular weight excluding hydrogens is 334 g/mol. The molecule has 144 valence electrons. The fraction of sp³-hybridized carbons (Fsp3) is 0.435. The maximum atomic E-state index is 12.1. The third kappa shape index (κ3) is 5.83. The number of rotatable bonds is 7. The van der Waals surface area contributed by atoms with E-state index in [9.17, 15) is 4.79 Å². The molecule has 2 aromatic rings. The molecule has 1 amide bonds. The molecule has 0 aliphatic carbocycles. The van der Waals surface area contributed by atoms with Crippen LogP contribution < -0.4 is 10.2 Å². The molecule has 2 aromatic carbocycles. The summed E-state index contributed by atoms with van der Waals surface area (Å²) in [6, 6.07) is 16.5. The molecule has 0 spiro atoms. The van der Waals surface area contributed by atoms with Crippen molar-refractivity contribution in [1.29, 1.82) is 0 Å². The lowest BCUT2D eigenvalue weighted by Gasteiger charge is -2.36. The summed E-state index contributed by atoms with van der Waals surface area (Å²) in [5, 5.41) is 3.03. The van der Waals surface area contributed by atoms with Gasteiger partial charge in [0.05, 0.1) is 0 Å². The molecule has 0 atom stereocenters. The van der Waals surface area contributed by atoms with Crippen LogP contribution in [0.2, 0.25) is 0 Å². The fourth-order valence-corrected chi connectivity index (χ4v) is 3.61. The van der Waals surface area contributed by atoms with E-state index in [0.29, 0.717) is 0 Å². The van der Waals surface area contributed by atoms with Gasteiger partial charge in [0.15, 0.2) is 0 Å². The van der Waals surface area contributed by atoms with Gasteiger partial charge < -0.3 is 10.2 Å². The number of anilines is 1. The summed E-state index contributed by atoms with van der Waals surface area (Å²) in [4.78, 5) is 17.1. The number of benzene rings is 2. The Kier molecular flexibility index (Phi) is 6.88. The standard InChI is InChI=1S/C23H31N3O/c1-19-7-5-9-21(17-19)23(27)24-11-3-4-12-25-13-15-26(16-14-25)22-10-6-8-20(2)18-22/h5-10,17-18H,3-4,11-16H2,1-2H3,(H,24,27). The van der Waals surface area contributed by atoms with Crippen molar-refractivity contribution in [3.63, 3.8) is 0 Å². The average molecular weight is 366 g/mol. The van der Waals surface area contributed by atoms with Gasteiger partial charge in [-0.25, -0.2) is 0 Å². The number of aryl methyl sites for hydroxylation is 2. The van der Waals surface area contributed by atoms with Gasteiger partial charge in [-0.3, -0.25) is 9.69 Å². The van der Waals surface area contributed by atoms with Crippen LogP contribution in [-0.4, -0.2) is 50.1 Å². The highest BCUT2D eigenvalue weighted by Gasteiger charge is 2.16. The molecule has 1 aliphatic rings.